The zero-order valence-electron chi connectivity index (χ0n) is 38.1. The van der Waals surface area contributed by atoms with Crippen molar-refractivity contribution in [3.8, 4) is 23.0 Å². The van der Waals surface area contributed by atoms with Crippen LogP contribution in [0.3, 0.4) is 0 Å². The summed E-state index contributed by atoms with van der Waals surface area (Å²) in [7, 11) is 0. The van der Waals surface area contributed by atoms with Crippen LogP contribution in [0.15, 0.2) is 58.5 Å². The molecule has 2 N–H and O–H groups in total. The molecule has 60 heavy (non-hydrogen) atoms. The summed E-state index contributed by atoms with van der Waals surface area (Å²) in [5.41, 5.74) is 10.4. The highest BCUT2D eigenvalue weighted by atomic mass is 16.5. The fourth-order valence-corrected chi connectivity index (χ4v) is 7.74. The maximum atomic E-state index is 12.4. The van der Waals surface area contributed by atoms with E-state index in [2.05, 4.69) is 142 Å². The van der Waals surface area contributed by atoms with E-state index in [1.165, 1.54) is 0 Å². The minimum Gasteiger partial charge on any atom is -0.507 e. The van der Waals surface area contributed by atoms with E-state index in [4.69, 9.17) is 9.47 Å². The number of carbonyl (C=O) groups excluding carboxylic acids is 2. The smallest absolute Gasteiger partial charge is 0.234 e. The number of phenolic OH excluding ortho intramolecular Hbond substituents is 2. The molecular formula is C52H66N2O6. The molecule has 5 rings (SSSR count). The van der Waals surface area contributed by atoms with E-state index in [9.17, 15) is 19.8 Å². The van der Waals surface area contributed by atoms with Gasteiger partial charge in [0.05, 0.1) is 26.3 Å². The van der Waals surface area contributed by atoms with E-state index < -0.39 is 0 Å². The first-order valence-corrected chi connectivity index (χ1v) is 21.4. The van der Waals surface area contributed by atoms with Gasteiger partial charge in [-0.3, -0.25) is 0 Å². The summed E-state index contributed by atoms with van der Waals surface area (Å²) in [5.74, 6) is 1.89. The molecule has 0 fully saturated rings. The van der Waals surface area contributed by atoms with Crippen LogP contribution in [0.2, 0.25) is 0 Å². The third kappa shape index (κ3) is 11.2. The molecule has 0 saturated heterocycles. The van der Waals surface area contributed by atoms with E-state index in [-0.39, 0.29) is 33.2 Å². The number of isocyanates is 2. The number of hydrogen-bond acceptors (Lipinski definition) is 8. The van der Waals surface area contributed by atoms with Crippen molar-refractivity contribution in [1.29, 1.82) is 0 Å². The topological polar surface area (TPSA) is 118 Å². The number of fused-ring (bicyclic) bond motifs is 8. The lowest BCUT2D eigenvalue weighted by molar-refractivity contribution is 0.307. The van der Waals surface area contributed by atoms with Crippen LogP contribution in [0.5, 0.6) is 23.0 Å². The molecule has 0 heterocycles. The van der Waals surface area contributed by atoms with Crippen molar-refractivity contribution in [2.24, 2.45) is 9.98 Å². The maximum Gasteiger partial charge on any atom is 0.234 e. The highest BCUT2D eigenvalue weighted by Gasteiger charge is 2.28. The molecule has 8 nitrogen and oxygen atoms in total. The molecule has 0 radical (unpaired) electrons. The summed E-state index contributed by atoms with van der Waals surface area (Å²) in [5, 5.41) is 24.9. The second kappa shape index (κ2) is 18.2. The fraction of sp³-hybridized carbons (Fsp3) is 0.500. The summed E-state index contributed by atoms with van der Waals surface area (Å²) < 4.78 is 13.4. The number of phenols is 2. The van der Waals surface area contributed by atoms with Crippen LogP contribution in [0.1, 0.15) is 163 Å². The summed E-state index contributed by atoms with van der Waals surface area (Å²) in [6, 6.07) is 17.3. The largest absolute Gasteiger partial charge is 0.507 e. The lowest BCUT2D eigenvalue weighted by Gasteiger charge is -2.28. The Kier molecular flexibility index (Phi) is 13.9. The van der Waals surface area contributed by atoms with Crippen LogP contribution >= 0.6 is 0 Å². The van der Waals surface area contributed by atoms with Gasteiger partial charge in [-0.2, -0.15) is 0 Å². The molecule has 320 valence electrons. The van der Waals surface area contributed by atoms with E-state index in [1.807, 2.05) is 0 Å². The van der Waals surface area contributed by atoms with Gasteiger partial charge in [0.15, 0.2) is 0 Å². The first-order chi connectivity index (χ1) is 28.0. The average molecular weight is 815 g/mol. The maximum absolute atomic E-state index is 12.4. The third-order valence-corrected chi connectivity index (χ3v) is 11.5. The molecule has 8 bridgehead atoms. The van der Waals surface area contributed by atoms with Crippen LogP contribution in [-0.4, -0.2) is 48.7 Å². The van der Waals surface area contributed by atoms with Crippen molar-refractivity contribution < 1.29 is 29.3 Å². The Labute approximate surface area is 358 Å². The molecule has 4 aromatic rings. The van der Waals surface area contributed by atoms with Crippen molar-refractivity contribution in [1.82, 2.24) is 0 Å². The Morgan fingerprint density at radius 2 is 0.683 bits per heavy atom. The van der Waals surface area contributed by atoms with Crippen molar-refractivity contribution in [2.75, 3.05) is 26.3 Å². The molecule has 0 aromatic heterocycles. The Balaban J connectivity index is 1.90. The molecule has 0 unspecified atom stereocenters. The van der Waals surface area contributed by atoms with Gasteiger partial charge >= 0.3 is 0 Å². The van der Waals surface area contributed by atoms with Crippen LogP contribution in [0, 0.1) is 0 Å². The van der Waals surface area contributed by atoms with E-state index in [0.717, 1.165) is 66.8 Å². The first-order valence-electron chi connectivity index (χ1n) is 21.4. The second-order valence-electron chi connectivity index (χ2n) is 20.6. The van der Waals surface area contributed by atoms with Crippen LogP contribution in [-0.2, 0) is 56.9 Å². The Hall–Kier alpha value is -5.16. The zero-order valence-corrected chi connectivity index (χ0v) is 38.1. The second-order valence-corrected chi connectivity index (χ2v) is 20.6. The Morgan fingerprint density at radius 3 is 0.900 bits per heavy atom. The van der Waals surface area contributed by atoms with Gasteiger partial charge in [0, 0.05) is 38.5 Å². The minimum atomic E-state index is -0.225. The minimum absolute atomic E-state index is 0.216. The monoisotopic (exact) mass is 814 g/mol. The molecule has 1 aliphatic carbocycles. The number of aliphatic imine (C=N–C) groups is 2. The van der Waals surface area contributed by atoms with Crippen LogP contribution in [0.4, 0.5) is 0 Å². The number of ether oxygens (including phenoxy) is 2. The van der Waals surface area contributed by atoms with E-state index in [1.54, 1.807) is 12.2 Å². The molecule has 0 spiro atoms. The van der Waals surface area contributed by atoms with E-state index in [0.29, 0.717) is 76.3 Å². The summed E-state index contributed by atoms with van der Waals surface area (Å²) in [6.07, 6.45) is 5.91. The number of nitrogens with zero attached hydrogens (tertiary/aromatic N) is 2. The summed E-state index contributed by atoms with van der Waals surface area (Å²) in [6.45, 7) is 27.6. The molecule has 0 aliphatic heterocycles. The molecular weight excluding hydrogens is 749 g/mol. The number of hydrogen-bond donors (Lipinski definition) is 2. The van der Waals surface area contributed by atoms with Gasteiger partial charge in [0.25, 0.3) is 0 Å². The predicted octanol–water partition coefficient (Wildman–Crippen LogP) is 11.2. The first kappa shape index (κ1) is 45.9. The highest BCUT2D eigenvalue weighted by Crippen LogP contribution is 2.44. The Bertz CT molecular complexity index is 2040. The number of aromatic hydroxyl groups is 2. The van der Waals surface area contributed by atoms with Crippen molar-refractivity contribution in [3.63, 3.8) is 0 Å². The lowest BCUT2D eigenvalue weighted by atomic mass is 9.79. The standard InChI is InChI=1S/C52H66N2O6/c1-49(2,3)41-23-33-19-37-27-43(51(7,8)9)29-39(47(37)59-17-13-15-53-31-55)21-35-25-42(50(4,5)6)26-36(46(35)58)22-40-30-44(52(10,11)12)28-38(20-34(24-41)45(33)57)48(40)60-18-14-16-54-32-56/h23-30,57-58H,13-22H2,1-12H3. The molecule has 0 amide bonds. The van der Waals surface area contributed by atoms with Gasteiger partial charge in [0.1, 0.15) is 23.0 Å². The predicted molar refractivity (Wildman–Crippen MR) is 241 cm³/mol. The van der Waals surface area contributed by atoms with Crippen molar-refractivity contribution in [2.45, 2.75) is 143 Å². The molecule has 1 aliphatic rings. The lowest BCUT2D eigenvalue weighted by Crippen LogP contribution is -2.17. The highest BCUT2D eigenvalue weighted by molar-refractivity contribution is 5.59. The van der Waals surface area contributed by atoms with Gasteiger partial charge in [-0.1, -0.05) is 132 Å². The summed E-state index contributed by atoms with van der Waals surface area (Å²) >= 11 is 0. The third-order valence-electron chi connectivity index (χ3n) is 11.5. The van der Waals surface area contributed by atoms with Crippen molar-refractivity contribution >= 4 is 12.2 Å². The number of rotatable bonds is 10. The SMILES string of the molecule is CC(C)(C)c1cc2c(O)c(c1)Cc1cc(C(C)(C)C)cc(c1OCCCN=C=O)Cc1cc(C(C)(C)C)cc(c1O)Cc1cc(C(C)(C)C)cc(c1OCCCN=C=O)C2. The van der Waals surface area contributed by atoms with Crippen LogP contribution < -0.4 is 9.47 Å². The zero-order chi connectivity index (χ0) is 44.2. The fourth-order valence-electron chi connectivity index (χ4n) is 7.74. The van der Waals surface area contributed by atoms with Crippen LogP contribution in [0.25, 0.3) is 0 Å². The normalized spacial score (nSPS) is 13.3. The van der Waals surface area contributed by atoms with Gasteiger partial charge in [-0.05, 0) is 88.4 Å². The Morgan fingerprint density at radius 1 is 0.450 bits per heavy atom. The van der Waals surface area contributed by atoms with Gasteiger partial charge in [-0.25, -0.2) is 19.6 Å². The molecule has 0 saturated carbocycles. The number of benzene rings is 4. The van der Waals surface area contributed by atoms with Gasteiger partial charge in [0.2, 0.25) is 12.2 Å². The quantitative estimate of drug-likeness (QED) is 0.0823. The molecule has 8 heteroatoms. The van der Waals surface area contributed by atoms with Gasteiger partial charge < -0.3 is 19.7 Å². The summed E-state index contributed by atoms with van der Waals surface area (Å²) in [4.78, 5) is 29.3. The average Bonchev–Trinajstić information content (AvgIpc) is 3.13. The van der Waals surface area contributed by atoms with Gasteiger partial charge in [-0.15, -0.1) is 0 Å². The molecule has 4 aromatic carbocycles. The van der Waals surface area contributed by atoms with Crippen molar-refractivity contribution in [3.05, 3.63) is 115 Å². The van der Waals surface area contributed by atoms with E-state index >= 15 is 0 Å². The molecule has 0 atom stereocenters.